The zero-order valence-electron chi connectivity index (χ0n) is 11.7. The number of nitrogens with two attached hydrogens (primary N) is 1. The molecule has 4 atom stereocenters. The monoisotopic (exact) mass is 305 g/mol. The van der Waals surface area contributed by atoms with Crippen molar-refractivity contribution in [2.45, 2.75) is 31.5 Å². The van der Waals surface area contributed by atoms with E-state index in [1.807, 2.05) is 0 Å². The molecule has 116 valence electrons. The predicted octanol–water partition coefficient (Wildman–Crippen LogP) is -0.975. The predicted molar refractivity (Wildman–Crippen MR) is 75.1 cm³/mol. The van der Waals surface area contributed by atoms with Crippen molar-refractivity contribution in [3.63, 3.8) is 0 Å². The van der Waals surface area contributed by atoms with Crippen LogP contribution in [0.2, 0.25) is 0 Å². The van der Waals surface area contributed by atoms with Crippen LogP contribution >= 0.6 is 0 Å². The molecule has 1 saturated heterocycles. The molecule has 9 heteroatoms. The fourth-order valence-electron chi connectivity index (χ4n) is 2.35. The molecule has 0 aliphatic carbocycles. The fourth-order valence-corrected chi connectivity index (χ4v) is 2.35. The summed E-state index contributed by atoms with van der Waals surface area (Å²) in [5, 5.41) is 20.3. The number of aromatic nitrogens is 4. The Hall–Kier alpha value is -2.41. The van der Waals surface area contributed by atoms with Crippen molar-refractivity contribution < 1.29 is 19.7 Å². The molecule has 0 saturated carbocycles. The number of aliphatic hydroxyl groups excluding tert-OH is 2. The van der Waals surface area contributed by atoms with Gasteiger partial charge in [0.1, 0.15) is 42.9 Å². The van der Waals surface area contributed by atoms with E-state index < -0.39 is 24.5 Å². The maximum Gasteiger partial charge on any atom is 0.167 e. The summed E-state index contributed by atoms with van der Waals surface area (Å²) in [4.78, 5) is 12.0. The van der Waals surface area contributed by atoms with E-state index >= 15 is 0 Å². The minimum atomic E-state index is -1.16. The Kier molecular flexibility index (Phi) is 3.81. The fraction of sp³-hybridized carbons (Fsp3) is 0.462. The van der Waals surface area contributed by atoms with Gasteiger partial charge < -0.3 is 25.4 Å². The quantitative estimate of drug-likeness (QED) is 0.617. The molecule has 2 aromatic rings. The molecule has 2 aromatic heterocycles. The molecule has 0 bridgehead atoms. The van der Waals surface area contributed by atoms with Crippen LogP contribution in [0.1, 0.15) is 13.2 Å². The summed E-state index contributed by atoms with van der Waals surface area (Å²) in [5.41, 5.74) is 6.55. The molecule has 9 nitrogen and oxygen atoms in total. The van der Waals surface area contributed by atoms with Crippen LogP contribution in [-0.2, 0) is 9.47 Å². The molecular weight excluding hydrogens is 290 g/mol. The number of fused-ring (bicyclic) bond motifs is 1. The molecule has 1 aliphatic heterocycles. The Balaban J connectivity index is 1.87. The first-order chi connectivity index (χ1) is 10.6. The SMILES string of the molecule is CC#COC[C@H]1O[C@@H](n2cnc3c(N)ncnc32)[C@H](O)[C@@H]1O. The van der Waals surface area contributed by atoms with Crippen LogP contribution in [0, 0.1) is 12.0 Å². The molecule has 1 aliphatic rings. The number of nitrogen functional groups attached to an aromatic ring is 1. The third-order valence-corrected chi connectivity index (χ3v) is 3.42. The van der Waals surface area contributed by atoms with Gasteiger partial charge in [-0.05, 0) is 0 Å². The largest absolute Gasteiger partial charge is 0.444 e. The number of hydrogen-bond acceptors (Lipinski definition) is 8. The Labute approximate surface area is 125 Å². The Morgan fingerprint density at radius 2 is 2.18 bits per heavy atom. The first-order valence-electron chi connectivity index (χ1n) is 6.61. The lowest BCUT2D eigenvalue weighted by Crippen LogP contribution is -2.33. The summed E-state index contributed by atoms with van der Waals surface area (Å²) in [6.45, 7) is 1.67. The maximum atomic E-state index is 10.2. The van der Waals surface area contributed by atoms with Gasteiger partial charge in [-0.1, -0.05) is 5.92 Å². The van der Waals surface area contributed by atoms with Crippen molar-refractivity contribution in [2.75, 3.05) is 12.3 Å². The molecule has 0 unspecified atom stereocenters. The zero-order valence-corrected chi connectivity index (χ0v) is 11.7. The highest BCUT2D eigenvalue weighted by atomic mass is 16.6. The van der Waals surface area contributed by atoms with Gasteiger partial charge in [-0.25, -0.2) is 15.0 Å². The standard InChI is InChI=1S/C13H15N5O4/c1-2-3-21-4-7-9(19)10(20)13(22-7)18-6-17-8-11(14)15-5-16-12(8)18/h5-7,9-10,13,19-20H,4H2,1H3,(H2,14,15,16)/t7-,9-,10-,13-/m1/s1. The highest BCUT2D eigenvalue weighted by Gasteiger charge is 2.44. The van der Waals surface area contributed by atoms with Crippen LogP contribution in [-0.4, -0.2) is 54.7 Å². The van der Waals surface area contributed by atoms with Crippen molar-refractivity contribution in [1.82, 2.24) is 19.5 Å². The van der Waals surface area contributed by atoms with E-state index in [4.69, 9.17) is 15.2 Å². The van der Waals surface area contributed by atoms with Gasteiger partial charge in [0.05, 0.1) is 6.33 Å². The van der Waals surface area contributed by atoms with Gasteiger partial charge in [-0.2, -0.15) is 0 Å². The summed E-state index contributed by atoms with van der Waals surface area (Å²) in [6.07, 6.45) is 1.32. The molecule has 4 N–H and O–H groups in total. The minimum absolute atomic E-state index is 0.0410. The maximum absolute atomic E-state index is 10.2. The summed E-state index contributed by atoms with van der Waals surface area (Å²) in [7, 11) is 0. The van der Waals surface area contributed by atoms with Crippen LogP contribution in [0.4, 0.5) is 5.82 Å². The van der Waals surface area contributed by atoms with E-state index in [9.17, 15) is 10.2 Å². The molecule has 0 aromatic carbocycles. The first-order valence-corrected chi connectivity index (χ1v) is 6.61. The molecule has 0 amide bonds. The topological polar surface area (TPSA) is 129 Å². The Morgan fingerprint density at radius 3 is 2.95 bits per heavy atom. The second kappa shape index (κ2) is 5.76. The number of ether oxygens (including phenoxy) is 2. The van der Waals surface area contributed by atoms with Gasteiger partial charge in [-0.15, -0.1) is 0 Å². The molecule has 22 heavy (non-hydrogen) atoms. The lowest BCUT2D eigenvalue weighted by atomic mass is 10.1. The highest BCUT2D eigenvalue weighted by molar-refractivity contribution is 5.81. The first kappa shape index (κ1) is 14.5. The number of hydrogen-bond donors (Lipinski definition) is 3. The summed E-state index contributed by atoms with van der Waals surface area (Å²) >= 11 is 0. The van der Waals surface area contributed by atoms with Gasteiger partial charge in [0.2, 0.25) is 0 Å². The van der Waals surface area contributed by atoms with Crippen molar-refractivity contribution in [3.8, 4) is 12.0 Å². The Morgan fingerprint density at radius 1 is 1.36 bits per heavy atom. The van der Waals surface area contributed by atoms with E-state index in [1.165, 1.54) is 17.2 Å². The van der Waals surface area contributed by atoms with E-state index in [0.717, 1.165) is 0 Å². The number of nitrogens with zero attached hydrogens (tertiary/aromatic N) is 4. The second-order valence-corrected chi connectivity index (χ2v) is 4.79. The van der Waals surface area contributed by atoms with Crippen molar-refractivity contribution >= 4 is 17.0 Å². The van der Waals surface area contributed by atoms with Gasteiger partial charge in [0.15, 0.2) is 17.7 Å². The average molecular weight is 305 g/mol. The van der Waals surface area contributed by atoms with Crippen molar-refractivity contribution in [2.24, 2.45) is 0 Å². The molecular formula is C13H15N5O4. The lowest BCUT2D eigenvalue weighted by molar-refractivity contribution is -0.0510. The van der Waals surface area contributed by atoms with Crippen LogP contribution in [0.15, 0.2) is 12.7 Å². The summed E-state index contributed by atoms with van der Waals surface area (Å²) in [5.74, 6) is 2.80. The van der Waals surface area contributed by atoms with Crippen LogP contribution in [0.25, 0.3) is 11.2 Å². The molecule has 3 heterocycles. The smallest absolute Gasteiger partial charge is 0.167 e. The second-order valence-electron chi connectivity index (χ2n) is 4.79. The summed E-state index contributed by atoms with van der Waals surface area (Å²) in [6, 6.07) is 0. The number of anilines is 1. The number of aliphatic hydroxyl groups is 2. The van der Waals surface area contributed by atoms with Crippen molar-refractivity contribution in [3.05, 3.63) is 12.7 Å². The van der Waals surface area contributed by atoms with E-state index in [0.29, 0.717) is 11.2 Å². The van der Waals surface area contributed by atoms with Gasteiger partial charge >= 0.3 is 0 Å². The van der Waals surface area contributed by atoms with Crippen LogP contribution in [0.3, 0.4) is 0 Å². The molecule has 1 fully saturated rings. The lowest BCUT2D eigenvalue weighted by Gasteiger charge is -2.16. The third kappa shape index (κ3) is 2.33. The van der Waals surface area contributed by atoms with Crippen LogP contribution in [0.5, 0.6) is 0 Å². The van der Waals surface area contributed by atoms with Gasteiger partial charge in [-0.3, -0.25) is 4.57 Å². The zero-order chi connectivity index (χ0) is 15.7. The normalized spacial score (nSPS) is 27.6. The highest BCUT2D eigenvalue weighted by Crippen LogP contribution is 2.31. The summed E-state index contributed by atoms with van der Waals surface area (Å²) < 4.78 is 12.2. The molecule has 0 radical (unpaired) electrons. The van der Waals surface area contributed by atoms with E-state index in [-0.39, 0.29) is 12.4 Å². The minimum Gasteiger partial charge on any atom is -0.444 e. The van der Waals surface area contributed by atoms with E-state index in [1.54, 1.807) is 6.92 Å². The van der Waals surface area contributed by atoms with Gasteiger partial charge in [0.25, 0.3) is 0 Å². The Bertz CT molecular complexity index is 737. The number of rotatable bonds is 3. The molecule has 3 rings (SSSR count). The van der Waals surface area contributed by atoms with Crippen molar-refractivity contribution in [1.29, 1.82) is 0 Å². The molecule has 0 spiro atoms. The number of imidazole rings is 1. The van der Waals surface area contributed by atoms with Crippen LogP contribution < -0.4 is 5.73 Å². The van der Waals surface area contributed by atoms with E-state index in [2.05, 4.69) is 27.0 Å². The van der Waals surface area contributed by atoms with Gasteiger partial charge in [0, 0.05) is 6.92 Å². The third-order valence-electron chi connectivity index (χ3n) is 3.42. The average Bonchev–Trinajstić information content (AvgIpc) is 3.05.